The topological polar surface area (TPSA) is 78.9 Å². The maximum Gasteiger partial charge on any atom is 0.336 e. The summed E-state index contributed by atoms with van der Waals surface area (Å²) in [6, 6.07) is 21.0. The predicted octanol–water partition coefficient (Wildman–Crippen LogP) is 6.03. The van der Waals surface area contributed by atoms with E-state index in [0.717, 1.165) is 53.9 Å². The van der Waals surface area contributed by atoms with Gasteiger partial charge in [0.2, 0.25) is 0 Å². The Balaban J connectivity index is 1.15. The monoisotopic (exact) mass is 516 g/mol. The first-order valence-electron chi connectivity index (χ1n) is 13.1. The molecule has 3 aliphatic rings. The van der Waals surface area contributed by atoms with Gasteiger partial charge in [0.25, 0.3) is 5.91 Å². The third-order valence-electron chi connectivity index (χ3n) is 7.29. The number of carbonyl (C=O) groups is 2. The van der Waals surface area contributed by atoms with Gasteiger partial charge in [-0.1, -0.05) is 60.7 Å². The molecule has 0 saturated heterocycles. The van der Waals surface area contributed by atoms with Crippen LogP contribution in [-0.2, 0) is 17.7 Å². The molecular formula is C33H28N2O4. The molecule has 1 unspecified atom stereocenters. The van der Waals surface area contributed by atoms with Crippen LogP contribution in [0.25, 0.3) is 11.1 Å². The SMILES string of the molecule is O=C(NC1=COC2C=CC=CC2=C1)c1ccc2c(c1)CCCN2Cc1ccc(-c2ccccc2C(=O)O)cc1. The summed E-state index contributed by atoms with van der Waals surface area (Å²) in [4.78, 5) is 27.0. The lowest BCUT2D eigenvalue weighted by molar-refractivity contribution is 0.0697. The molecule has 1 aliphatic carbocycles. The van der Waals surface area contributed by atoms with E-state index < -0.39 is 5.97 Å². The smallest absolute Gasteiger partial charge is 0.336 e. The highest BCUT2D eigenvalue weighted by Gasteiger charge is 2.21. The van der Waals surface area contributed by atoms with E-state index in [9.17, 15) is 14.7 Å². The van der Waals surface area contributed by atoms with Crippen molar-refractivity contribution < 1.29 is 19.4 Å². The number of aryl methyl sites for hydroxylation is 1. The van der Waals surface area contributed by atoms with E-state index in [-0.39, 0.29) is 12.0 Å². The molecule has 2 aliphatic heterocycles. The van der Waals surface area contributed by atoms with Gasteiger partial charge in [0, 0.05) is 24.3 Å². The molecular weight excluding hydrogens is 488 g/mol. The first-order valence-corrected chi connectivity index (χ1v) is 13.1. The van der Waals surface area contributed by atoms with E-state index in [1.807, 2.05) is 72.8 Å². The average Bonchev–Trinajstić information content (AvgIpc) is 2.97. The summed E-state index contributed by atoms with van der Waals surface area (Å²) in [5.74, 6) is -1.09. The largest absolute Gasteiger partial charge is 0.487 e. The molecule has 0 fully saturated rings. The summed E-state index contributed by atoms with van der Waals surface area (Å²) in [5.41, 5.74) is 7.61. The van der Waals surface area contributed by atoms with Gasteiger partial charge in [0.15, 0.2) is 0 Å². The van der Waals surface area contributed by atoms with Gasteiger partial charge in [-0.05, 0) is 77.1 Å². The molecule has 0 aromatic heterocycles. The van der Waals surface area contributed by atoms with Crippen LogP contribution in [0.4, 0.5) is 5.69 Å². The van der Waals surface area contributed by atoms with Crippen molar-refractivity contribution >= 4 is 17.6 Å². The third kappa shape index (κ3) is 5.14. The fourth-order valence-corrected chi connectivity index (χ4v) is 5.33. The Morgan fingerprint density at radius 1 is 1.03 bits per heavy atom. The van der Waals surface area contributed by atoms with Crippen LogP contribution in [0.1, 0.15) is 38.3 Å². The molecule has 3 aromatic carbocycles. The van der Waals surface area contributed by atoms with E-state index in [4.69, 9.17) is 4.74 Å². The number of nitrogens with zero attached hydrogens (tertiary/aromatic N) is 1. The van der Waals surface area contributed by atoms with Crippen molar-refractivity contribution in [3.63, 3.8) is 0 Å². The van der Waals surface area contributed by atoms with Crippen molar-refractivity contribution in [1.82, 2.24) is 5.32 Å². The van der Waals surface area contributed by atoms with Crippen LogP contribution >= 0.6 is 0 Å². The van der Waals surface area contributed by atoms with E-state index in [1.54, 1.807) is 18.4 Å². The van der Waals surface area contributed by atoms with E-state index in [2.05, 4.69) is 22.3 Å². The Morgan fingerprint density at radius 2 is 1.87 bits per heavy atom. The van der Waals surface area contributed by atoms with Crippen molar-refractivity contribution in [2.24, 2.45) is 0 Å². The van der Waals surface area contributed by atoms with Crippen molar-refractivity contribution in [3.05, 3.63) is 137 Å². The number of aromatic carboxylic acids is 1. The maximum absolute atomic E-state index is 13.0. The molecule has 6 heteroatoms. The second-order valence-electron chi connectivity index (χ2n) is 9.89. The molecule has 2 N–H and O–H groups in total. The molecule has 6 rings (SSSR count). The molecule has 194 valence electrons. The van der Waals surface area contributed by atoms with Crippen LogP contribution in [0.3, 0.4) is 0 Å². The van der Waals surface area contributed by atoms with E-state index >= 15 is 0 Å². The number of carbonyl (C=O) groups excluding carboxylic acids is 1. The Labute approximate surface area is 227 Å². The quantitative estimate of drug-likeness (QED) is 0.419. The summed E-state index contributed by atoms with van der Waals surface area (Å²) >= 11 is 0. The van der Waals surface area contributed by atoms with Crippen LogP contribution in [0.2, 0.25) is 0 Å². The Bertz CT molecular complexity index is 1560. The second-order valence-corrected chi connectivity index (χ2v) is 9.89. The third-order valence-corrected chi connectivity index (χ3v) is 7.29. The number of ether oxygens (including phenoxy) is 1. The lowest BCUT2D eigenvalue weighted by Crippen LogP contribution is -2.30. The van der Waals surface area contributed by atoms with Crippen molar-refractivity contribution in [2.75, 3.05) is 11.4 Å². The fraction of sp³-hybridized carbons (Fsp3) is 0.152. The van der Waals surface area contributed by atoms with Crippen LogP contribution in [0.5, 0.6) is 0 Å². The van der Waals surface area contributed by atoms with Gasteiger partial charge < -0.3 is 20.1 Å². The average molecular weight is 517 g/mol. The first-order chi connectivity index (χ1) is 19.0. The lowest BCUT2D eigenvalue weighted by Gasteiger charge is -2.32. The fourth-order valence-electron chi connectivity index (χ4n) is 5.33. The minimum atomic E-state index is -0.930. The zero-order valence-electron chi connectivity index (χ0n) is 21.3. The highest BCUT2D eigenvalue weighted by atomic mass is 16.5. The maximum atomic E-state index is 13.0. The van der Waals surface area contributed by atoms with Crippen LogP contribution in [0, 0.1) is 0 Å². The molecule has 2 heterocycles. The van der Waals surface area contributed by atoms with Gasteiger partial charge in [-0.3, -0.25) is 4.79 Å². The molecule has 0 saturated carbocycles. The number of benzene rings is 3. The molecule has 39 heavy (non-hydrogen) atoms. The van der Waals surface area contributed by atoms with Crippen molar-refractivity contribution in [3.8, 4) is 11.1 Å². The van der Waals surface area contributed by atoms with E-state index in [1.165, 1.54) is 0 Å². The van der Waals surface area contributed by atoms with Crippen LogP contribution in [0.15, 0.2) is 115 Å². The van der Waals surface area contributed by atoms with E-state index in [0.29, 0.717) is 22.4 Å². The van der Waals surface area contributed by atoms with Crippen molar-refractivity contribution in [2.45, 2.75) is 25.5 Å². The van der Waals surface area contributed by atoms with Gasteiger partial charge in [-0.2, -0.15) is 0 Å². The standard InChI is InChI=1S/C33H28N2O4/c36-32(34-27-19-25-6-1-4-10-31(25)39-21-27)26-15-16-30-24(18-26)7-5-17-35(30)20-22-11-13-23(14-12-22)28-8-2-3-9-29(28)33(37)38/h1-4,6,8-16,18-19,21,31H,5,7,17,20H2,(H,34,36)(H,37,38). The molecule has 1 amide bonds. The number of allylic oxidation sites excluding steroid dienone is 3. The number of fused-ring (bicyclic) bond motifs is 2. The summed E-state index contributed by atoms with van der Waals surface area (Å²) in [6.07, 6.45) is 13.2. The van der Waals surface area contributed by atoms with Gasteiger partial charge in [0.05, 0.1) is 11.3 Å². The molecule has 3 aromatic rings. The zero-order valence-corrected chi connectivity index (χ0v) is 21.3. The highest BCUT2D eigenvalue weighted by Crippen LogP contribution is 2.31. The van der Waals surface area contributed by atoms with Crippen molar-refractivity contribution in [1.29, 1.82) is 0 Å². The predicted molar refractivity (Wildman–Crippen MR) is 151 cm³/mol. The summed E-state index contributed by atoms with van der Waals surface area (Å²) in [6.45, 7) is 1.67. The number of hydrogen-bond acceptors (Lipinski definition) is 4. The van der Waals surface area contributed by atoms with Gasteiger partial charge in [-0.25, -0.2) is 4.79 Å². The number of anilines is 1. The molecule has 0 radical (unpaired) electrons. The summed E-state index contributed by atoms with van der Waals surface area (Å²) in [5, 5.41) is 12.5. The number of rotatable bonds is 6. The number of carboxylic acid groups (broad SMARTS) is 1. The Kier molecular flexibility index (Phi) is 6.59. The minimum absolute atomic E-state index is 0.0952. The molecule has 6 nitrogen and oxygen atoms in total. The van der Waals surface area contributed by atoms with Gasteiger partial charge >= 0.3 is 5.97 Å². The summed E-state index contributed by atoms with van der Waals surface area (Å²) < 4.78 is 5.73. The highest BCUT2D eigenvalue weighted by molar-refractivity contribution is 5.97. The molecule has 0 spiro atoms. The number of hydrogen-bond donors (Lipinski definition) is 2. The van der Waals surface area contributed by atoms with Gasteiger partial charge in [0.1, 0.15) is 12.4 Å². The lowest BCUT2D eigenvalue weighted by atomic mass is 9.97. The van der Waals surface area contributed by atoms with Crippen LogP contribution in [-0.4, -0.2) is 29.6 Å². The first kappa shape index (κ1) is 24.5. The number of amides is 1. The van der Waals surface area contributed by atoms with Gasteiger partial charge in [-0.15, -0.1) is 0 Å². The second kappa shape index (κ2) is 10.5. The number of carboxylic acids is 1. The molecule has 0 bridgehead atoms. The Morgan fingerprint density at radius 3 is 2.72 bits per heavy atom. The van der Waals surface area contributed by atoms with Crippen LogP contribution < -0.4 is 10.2 Å². The summed E-state index contributed by atoms with van der Waals surface area (Å²) in [7, 11) is 0. The molecule has 1 atom stereocenters. The Hall–Kier alpha value is -4.84. The number of nitrogens with one attached hydrogen (secondary N) is 1. The zero-order chi connectivity index (χ0) is 26.8. The normalized spacial score (nSPS) is 17.3. The minimum Gasteiger partial charge on any atom is -0.487 e.